The van der Waals surface area contributed by atoms with Gasteiger partial charge in [0, 0.05) is 54.6 Å². The number of para-hydroxylation sites is 2. The standard InChI is InChI=1S/C50H30N4/c1-3-11-31(12-4-1)41-29-25-35-23-27-39-45(37-15-7-9-17-43(37)53-49(39)47(35)51-41)33-19-21-34(22-20-33)46-38-16-8-10-18-44(38)54-50-40(46)28-24-36-26-30-42(52-48(36)50)32-13-5-2-6-14-32/h1-30H. The van der Waals surface area contributed by atoms with Gasteiger partial charge in [-0.1, -0.05) is 158 Å². The third-order valence-corrected chi connectivity index (χ3v) is 10.6. The lowest BCUT2D eigenvalue weighted by molar-refractivity contribution is 1.39. The van der Waals surface area contributed by atoms with Gasteiger partial charge in [0.05, 0.1) is 44.5 Å². The highest BCUT2D eigenvalue weighted by Gasteiger charge is 2.18. The maximum absolute atomic E-state index is 5.24. The molecule has 0 radical (unpaired) electrons. The summed E-state index contributed by atoms with van der Waals surface area (Å²) in [6, 6.07) is 63.8. The number of aromatic nitrogens is 4. The molecule has 4 heterocycles. The highest BCUT2D eigenvalue weighted by Crippen LogP contribution is 2.41. The summed E-state index contributed by atoms with van der Waals surface area (Å²) >= 11 is 0. The Labute approximate surface area is 311 Å². The molecule has 0 fully saturated rings. The fourth-order valence-corrected chi connectivity index (χ4v) is 8.04. The summed E-state index contributed by atoms with van der Waals surface area (Å²) in [6.07, 6.45) is 0. The summed E-state index contributed by atoms with van der Waals surface area (Å²) in [6.45, 7) is 0. The second-order valence-electron chi connectivity index (χ2n) is 13.8. The van der Waals surface area contributed by atoms with Crippen LogP contribution in [0, 0.1) is 0 Å². The Kier molecular flexibility index (Phi) is 6.82. The molecular formula is C50H30N4. The van der Waals surface area contributed by atoms with Crippen LogP contribution in [-0.4, -0.2) is 19.9 Å². The van der Waals surface area contributed by atoms with Gasteiger partial charge in [0.2, 0.25) is 0 Å². The fraction of sp³-hybridized carbons (Fsp3) is 0. The summed E-state index contributed by atoms with van der Waals surface area (Å²) in [5.74, 6) is 0. The topological polar surface area (TPSA) is 51.6 Å². The molecule has 0 aliphatic heterocycles. The molecule has 4 aromatic heterocycles. The van der Waals surface area contributed by atoms with Crippen molar-refractivity contribution in [1.82, 2.24) is 19.9 Å². The zero-order valence-electron chi connectivity index (χ0n) is 29.1. The Morgan fingerprint density at radius 2 is 0.630 bits per heavy atom. The largest absolute Gasteiger partial charge is 0.245 e. The zero-order chi connectivity index (χ0) is 35.6. The fourth-order valence-electron chi connectivity index (χ4n) is 8.04. The van der Waals surface area contributed by atoms with Crippen molar-refractivity contribution in [2.24, 2.45) is 0 Å². The van der Waals surface area contributed by atoms with Gasteiger partial charge >= 0.3 is 0 Å². The van der Waals surface area contributed by atoms with Crippen molar-refractivity contribution in [3.8, 4) is 44.8 Å². The Morgan fingerprint density at radius 1 is 0.241 bits per heavy atom. The van der Waals surface area contributed by atoms with Gasteiger partial charge in [-0.05, 0) is 35.4 Å². The van der Waals surface area contributed by atoms with Gasteiger partial charge < -0.3 is 0 Å². The molecular weight excluding hydrogens is 657 g/mol. The van der Waals surface area contributed by atoms with Crippen LogP contribution in [0.25, 0.3) is 110 Å². The molecule has 0 spiro atoms. The average molecular weight is 687 g/mol. The lowest BCUT2D eigenvalue weighted by atomic mass is 9.91. The van der Waals surface area contributed by atoms with Gasteiger partial charge in [-0.2, -0.15) is 0 Å². The first-order valence-corrected chi connectivity index (χ1v) is 18.2. The maximum atomic E-state index is 5.24. The zero-order valence-corrected chi connectivity index (χ0v) is 29.1. The maximum Gasteiger partial charge on any atom is 0.0978 e. The smallest absolute Gasteiger partial charge is 0.0978 e. The van der Waals surface area contributed by atoms with Crippen LogP contribution in [0.1, 0.15) is 0 Å². The molecule has 0 saturated heterocycles. The third-order valence-electron chi connectivity index (χ3n) is 10.6. The monoisotopic (exact) mass is 686 g/mol. The van der Waals surface area contributed by atoms with E-state index in [2.05, 4.69) is 170 Å². The lowest BCUT2D eigenvalue weighted by Crippen LogP contribution is -1.94. The van der Waals surface area contributed by atoms with E-state index in [0.29, 0.717) is 0 Å². The molecule has 4 nitrogen and oxygen atoms in total. The van der Waals surface area contributed by atoms with Crippen molar-refractivity contribution >= 4 is 65.4 Å². The van der Waals surface area contributed by atoms with Crippen LogP contribution in [0.15, 0.2) is 182 Å². The molecule has 0 N–H and O–H groups in total. The minimum Gasteiger partial charge on any atom is -0.245 e. The molecule has 0 atom stereocenters. The van der Waals surface area contributed by atoms with Crippen LogP contribution >= 0.6 is 0 Å². The molecule has 0 aliphatic rings. The second-order valence-corrected chi connectivity index (χ2v) is 13.8. The third kappa shape index (κ3) is 4.85. The number of benzene rings is 7. The Balaban J connectivity index is 1.11. The molecule has 0 saturated carbocycles. The minimum atomic E-state index is 0.906. The first-order valence-electron chi connectivity index (χ1n) is 18.2. The molecule has 4 heteroatoms. The van der Waals surface area contributed by atoms with Gasteiger partial charge in [0.15, 0.2) is 0 Å². The van der Waals surface area contributed by atoms with E-state index in [1.165, 1.54) is 0 Å². The van der Waals surface area contributed by atoms with Crippen LogP contribution in [0.5, 0.6) is 0 Å². The first-order chi connectivity index (χ1) is 26.8. The van der Waals surface area contributed by atoms with E-state index in [1.807, 2.05) is 12.1 Å². The van der Waals surface area contributed by atoms with Gasteiger partial charge in [0.25, 0.3) is 0 Å². The molecule has 0 bridgehead atoms. The predicted molar refractivity (Wildman–Crippen MR) is 224 cm³/mol. The highest BCUT2D eigenvalue weighted by molar-refractivity contribution is 6.18. The Bertz CT molecular complexity index is 3030. The lowest BCUT2D eigenvalue weighted by Gasteiger charge is -2.15. The van der Waals surface area contributed by atoms with Crippen LogP contribution in [-0.2, 0) is 0 Å². The number of hydrogen-bond acceptors (Lipinski definition) is 4. The van der Waals surface area contributed by atoms with E-state index in [4.69, 9.17) is 19.9 Å². The van der Waals surface area contributed by atoms with Gasteiger partial charge in [-0.25, -0.2) is 19.9 Å². The minimum absolute atomic E-state index is 0.906. The van der Waals surface area contributed by atoms with Gasteiger partial charge in [0.1, 0.15) is 0 Å². The van der Waals surface area contributed by atoms with E-state index < -0.39 is 0 Å². The van der Waals surface area contributed by atoms with E-state index >= 15 is 0 Å². The van der Waals surface area contributed by atoms with Crippen molar-refractivity contribution in [2.45, 2.75) is 0 Å². The molecule has 250 valence electrons. The van der Waals surface area contributed by atoms with Crippen LogP contribution in [0.3, 0.4) is 0 Å². The van der Waals surface area contributed by atoms with Crippen molar-refractivity contribution in [2.75, 3.05) is 0 Å². The van der Waals surface area contributed by atoms with Crippen LogP contribution in [0.2, 0.25) is 0 Å². The predicted octanol–water partition coefficient (Wildman–Crippen LogP) is 12.9. The van der Waals surface area contributed by atoms with Crippen LogP contribution < -0.4 is 0 Å². The first kappa shape index (κ1) is 30.3. The summed E-state index contributed by atoms with van der Waals surface area (Å²) in [5.41, 5.74) is 14.1. The van der Waals surface area contributed by atoms with Crippen molar-refractivity contribution in [3.63, 3.8) is 0 Å². The van der Waals surface area contributed by atoms with Crippen molar-refractivity contribution in [1.29, 1.82) is 0 Å². The van der Waals surface area contributed by atoms with E-state index in [0.717, 1.165) is 110 Å². The average Bonchev–Trinajstić information content (AvgIpc) is 3.25. The molecule has 11 rings (SSSR count). The number of rotatable bonds is 4. The summed E-state index contributed by atoms with van der Waals surface area (Å²) in [4.78, 5) is 20.9. The highest BCUT2D eigenvalue weighted by atomic mass is 14.8. The normalized spacial score (nSPS) is 11.7. The van der Waals surface area contributed by atoms with E-state index in [9.17, 15) is 0 Å². The summed E-state index contributed by atoms with van der Waals surface area (Å²) in [7, 11) is 0. The molecule has 0 amide bonds. The van der Waals surface area contributed by atoms with Gasteiger partial charge in [-0.3, -0.25) is 0 Å². The SMILES string of the molecule is c1ccc(-c2ccc3ccc4c(-c5ccc(-c6c7ccccc7nc7c6ccc6ccc(-c8ccccc8)nc67)cc5)c5ccccc5nc4c3n2)cc1. The summed E-state index contributed by atoms with van der Waals surface area (Å²) < 4.78 is 0. The molecule has 0 aliphatic carbocycles. The number of fused-ring (bicyclic) bond motifs is 8. The van der Waals surface area contributed by atoms with Crippen LogP contribution in [0.4, 0.5) is 0 Å². The molecule has 54 heavy (non-hydrogen) atoms. The van der Waals surface area contributed by atoms with Gasteiger partial charge in [-0.15, -0.1) is 0 Å². The van der Waals surface area contributed by atoms with Crippen molar-refractivity contribution < 1.29 is 0 Å². The Morgan fingerprint density at radius 3 is 1.07 bits per heavy atom. The summed E-state index contributed by atoms with van der Waals surface area (Å²) in [5, 5.41) is 6.53. The second kappa shape index (κ2) is 12.1. The number of nitrogens with zero attached hydrogens (tertiary/aromatic N) is 4. The quantitative estimate of drug-likeness (QED) is 0.137. The van der Waals surface area contributed by atoms with Crippen molar-refractivity contribution in [3.05, 3.63) is 182 Å². The molecule has 7 aromatic carbocycles. The number of hydrogen-bond donors (Lipinski definition) is 0. The number of pyridine rings is 4. The Hall–Kier alpha value is -7.30. The van der Waals surface area contributed by atoms with E-state index in [1.54, 1.807) is 0 Å². The molecule has 11 aromatic rings. The molecule has 0 unspecified atom stereocenters. The van der Waals surface area contributed by atoms with E-state index in [-0.39, 0.29) is 0 Å².